The van der Waals surface area contributed by atoms with E-state index in [1.54, 1.807) is 0 Å². The van der Waals surface area contributed by atoms with Crippen molar-refractivity contribution < 1.29 is 4.42 Å². The van der Waals surface area contributed by atoms with Crippen molar-refractivity contribution in [1.82, 2.24) is 0 Å². The lowest BCUT2D eigenvalue weighted by atomic mass is 9.91. The Labute approximate surface area is 255 Å². The second kappa shape index (κ2) is 9.86. The molecule has 206 valence electrons. The number of benzene rings is 8. The predicted molar refractivity (Wildman–Crippen MR) is 186 cm³/mol. The number of para-hydroxylation sites is 3. The molecule has 1 heterocycles. The second-order valence-electron chi connectivity index (χ2n) is 11.3. The summed E-state index contributed by atoms with van der Waals surface area (Å²) in [5, 5.41) is 9.91. The molecule has 0 aliphatic rings. The Hall–Kier alpha value is -5.86. The summed E-state index contributed by atoms with van der Waals surface area (Å²) in [6.07, 6.45) is 0. The first kappa shape index (κ1) is 24.7. The summed E-state index contributed by atoms with van der Waals surface area (Å²) < 4.78 is 6.48. The zero-order valence-electron chi connectivity index (χ0n) is 23.9. The molecule has 0 spiro atoms. The zero-order valence-corrected chi connectivity index (χ0v) is 23.9. The minimum absolute atomic E-state index is 0.884. The summed E-state index contributed by atoms with van der Waals surface area (Å²) >= 11 is 0. The summed E-state index contributed by atoms with van der Waals surface area (Å²) in [6, 6.07) is 58.4. The van der Waals surface area contributed by atoms with Gasteiger partial charge < -0.3 is 9.32 Å². The van der Waals surface area contributed by atoms with Gasteiger partial charge in [-0.3, -0.25) is 0 Å². The summed E-state index contributed by atoms with van der Waals surface area (Å²) in [6.45, 7) is 0. The topological polar surface area (TPSA) is 16.4 Å². The van der Waals surface area contributed by atoms with Crippen LogP contribution in [0.15, 0.2) is 168 Å². The van der Waals surface area contributed by atoms with Gasteiger partial charge in [-0.2, -0.15) is 0 Å². The van der Waals surface area contributed by atoms with Crippen LogP contribution in [-0.2, 0) is 0 Å². The largest absolute Gasteiger partial charge is 0.454 e. The standard InChI is InChI=1S/C42H27NO/c1-2-12-31(13-3-1)43(39-19-10-18-37-35-16-8-9-20-40(35)44-42(37)39)32-25-23-29(24-26-32)38-27-30-22-21-28-11-4-5-14-33(28)41(30)36-17-7-6-15-34(36)38/h1-27H. The van der Waals surface area contributed by atoms with Crippen molar-refractivity contribution in [3.8, 4) is 11.1 Å². The Morgan fingerprint density at radius 3 is 1.89 bits per heavy atom. The molecule has 0 saturated carbocycles. The average molecular weight is 562 g/mol. The fraction of sp³-hybridized carbons (Fsp3) is 0. The Kier molecular flexibility index (Phi) is 5.54. The molecule has 0 aliphatic heterocycles. The van der Waals surface area contributed by atoms with E-state index in [-0.39, 0.29) is 0 Å². The average Bonchev–Trinajstić information content (AvgIpc) is 3.48. The van der Waals surface area contributed by atoms with Crippen molar-refractivity contribution in [2.75, 3.05) is 4.90 Å². The fourth-order valence-electron chi connectivity index (χ4n) is 6.82. The SMILES string of the molecule is c1ccc(N(c2ccc(-c3cc4ccc5ccccc5c4c4ccccc34)cc2)c2cccc3c2oc2ccccc23)cc1. The number of hydrogen-bond donors (Lipinski definition) is 0. The maximum Gasteiger partial charge on any atom is 0.159 e. The molecule has 9 rings (SSSR count). The van der Waals surface area contributed by atoms with Gasteiger partial charge in [0.05, 0.1) is 5.69 Å². The van der Waals surface area contributed by atoms with E-state index in [1.165, 1.54) is 43.4 Å². The Morgan fingerprint density at radius 2 is 1.05 bits per heavy atom. The lowest BCUT2D eigenvalue weighted by Gasteiger charge is -2.25. The molecular formula is C42H27NO. The highest BCUT2D eigenvalue weighted by Crippen LogP contribution is 2.43. The van der Waals surface area contributed by atoms with Crippen LogP contribution in [0.1, 0.15) is 0 Å². The van der Waals surface area contributed by atoms with E-state index in [9.17, 15) is 0 Å². The molecule has 44 heavy (non-hydrogen) atoms. The number of rotatable bonds is 4. The molecule has 1 aromatic heterocycles. The highest BCUT2D eigenvalue weighted by molar-refractivity contribution is 6.23. The number of anilines is 3. The lowest BCUT2D eigenvalue weighted by Crippen LogP contribution is -2.10. The summed E-state index contributed by atoms with van der Waals surface area (Å²) in [5.74, 6) is 0. The van der Waals surface area contributed by atoms with Gasteiger partial charge in [0.2, 0.25) is 0 Å². The molecule has 0 radical (unpaired) electrons. The first-order valence-corrected chi connectivity index (χ1v) is 15.0. The van der Waals surface area contributed by atoms with Crippen LogP contribution in [0.2, 0.25) is 0 Å². The third-order valence-electron chi connectivity index (χ3n) is 8.82. The van der Waals surface area contributed by atoms with Crippen LogP contribution in [0.4, 0.5) is 17.1 Å². The van der Waals surface area contributed by atoms with Crippen LogP contribution in [0.5, 0.6) is 0 Å². The Balaban J connectivity index is 1.22. The van der Waals surface area contributed by atoms with E-state index in [1.807, 2.05) is 12.1 Å². The molecule has 0 amide bonds. The van der Waals surface area contributed by atoms with E-state index in [0.717, 1.165) is 39.0 Å². The lowest BCUT2D eigenvalue weighted by molar-refractivity contribution is 0.669. The van der Waals surface area contributed by atoms with Gasteiger partial charge >= 0.3 is 0 Å². The first-order valence-electron chi connectivity index (χ1n) is 15.0. The van der Waals surface area contributed by atoms with Gasteiger partial charge in [0.15, 0.2) is 5.58 Å². The maximum atomic E-state index is 6.48. The summed E-state index contributed by atoms with van der Waals surface area (Å²) in [5.41, 5.74) is 7.38. The predicted octanol–water partition coefficient (Wildman–Crippen LogP) is 12.2. The highest BCUT2D eigenvalue weighted by atomic mass is 16.3. The third-order valence-corrected chi connectivity index (χ3v) is 8.82. The van der Waals surface area contributed by atoms with E-state index in [0.29, 0.717) is 0 Å². The number of hydrogen-bond acceptors (Lipinski definition) is 2. The molecule has 9 aromatic rings. The number of furan rings is 1. The summed E-state index contributed by atoms with van der Waals surface area (Å²) in [4.78, 5) is 2.29. The van der Waals surface area contributed by atoms with Crippen molar-refractivity contribution in [2.24, 2.45) is 0 Å². The maximum absolute atomic E-state index is 6.48. The van der Waals surface area contributed by atoms with Gasteiger partial charge in [-0.05, 0) is 85.9 Å². The molecule has 0 bridgehead atoms. The molecule has 2 nitrogen and oxygen atoms in total. The smallest absolute Gasteiger partial charge is 0.159 e. The van der Waals surface area contributed by atoms with Crippen LogP contribution in [0.25, 0.3) is 65.4 Å². The van der Waals surface area contributed by atoms with Crippen LogP contribution < -0.4 is 4.90 Å². The van der Waals surface area contributed by atoms with Crippen LogP contribution in [0, 0.1) is 0 Å². The molecule has 0 unspecified atom stereocenters. The zero-order chi connectivity index (χ0) is 29.0. The van der Waals surface area contributed by atoms with Crippen molar-refractivity contribution in [3.63, 3.8) is 0 Å². The van der Waals surface area contributed by atoms with Gasteiger partial charge in [-0.15, -0.1) is 0 Å². The fourth-order valence-corrected chi connectivity index (χ4v) is 6.82. The number of nitrogens with zero attached hydrogens (tertiary/aromatic N) is 1. The van der Waals surface area contributed by atoms with Crippen LogP contribution in [0.3, 0.4) is 0 Å². The minimum Gasteiger partial charge on any atom is -0.454 e. The number of fused-ring (bicyclic) bond motifs is 8. The molecule has 8 aromatic carbocycles. The van der Waals surface area contributed by atoms with Gasteiger partial charge in [-0.25, -0.2) is 0 Å². The summed E-state index contributed by atoms with van der Waals surface area (Å²) in [7, 11) is 0. The Morgan fingerprint density at radius 1 is 0.409 bits per heavy atom. The highest BCUT2D eigenvalue weighted by Gasteiger charge is 2.19. The van der Waals surface area contributed by atoms with Crippen molar-refractivity contribution in [2.45, 2.75) is 0 Å². The van der Waals surface area contributed by atoms with Gasteiger partial charge in [0.25, 0.3) is 0 Å². The van der Waals surface area contributed by atoms with Crippen molar-refractivity contribution >= 4 is 71.3 Å². The minimum atomic E-state index is 0.884. The van der Waals surface area contributed by atoms with Crippen LogP contribution >= 0.6 is 0 Å². The molecule has 0 aliphatic carbocycles. The second-order valence-corrected chi connectivity index (χ2v) is 11.3. The molecule has 0 saturated heterocycles. The van der Waals surface area contributed by atoms with E-state index in [2.05, 4.69) is 157 Å². The van der Waals surface area contributed by atoms with E-state index in [4.69, 9.17) is 4.42 Å². The van der Waals surface area contributed by atoms with E-state index < -0.39 is 0 Å². The van der Waals surface area contributed by atoms with Crippen molar-refractivity contribution in [3.05, 3.63) is 164 Å². The Bertz CT molecular complexity index is 2490. The molecule has 0 atom stereocenters. The van der Waals surface area contributed by atoms with Gasteiger partial charge in [0, 0.05) is 22.1 Å². The molecule has 0 fully saturated rings. The molecular weight excluding hydrogens is 534 g/mol. The first-order chi connectivity index (χ1) is 21.8. The van der Waals surface area contributed by atoms with Gasteiger partial charge in [-0.1, -0.05) is 121 Å². The van der Waals surface area contributed by atoms with Crippen molar-refractivity contribution in [1.29, 1.82) is 0 Å². The molecule has 2 heteroatoms. The van der Waals surface area contributed by atoms with Gasteiger partial charge in [0.1, 0.15) is 5.58 Å². The van der Waals surface area contributed by atoms with Crippen LogP contribution in [-0.4, -0.2) is 0 Å². The normalized spacial score (nSPS) is 11.6. The molecule has 0 N–H and O–H groups in total. The quantitative estimate of drug-likeness (QED) is 0.199. The van der Waals surface area contributed by atoms with E-state index >= 15 is 0 Å². The monoisotopic (exact) mass is 561 g/mol. The third kappa shape index (κ3) is 3.82.